The van der Waals surface area contributed by atoms with Crippen LogP contribution in [0.4, 0.5) is 5.95 Å². The molecule has 0 amide bonds. The van der Waals surface area contributed by atoms with E-state index < -0.39 is 0 Å². The summed E-state index contributed by atoms with van der Waals surface area (Å²) in [4.78, 5) is 19.9. The van der Waals surface area contributed by atoms with Gasteiger partial charge >= 0.3 is 0 Å². The predicted octanol–water partition coefficient (Wildman–Crippen LogP) is 3.21. The van der Waals surface area contributed by atoms with Gasteiger partial charge in [0.15, 0.2) is 0 Å². The fourth-order valence-electron chi connectivity index (χ4n) is 2.32. The van der Waals surface area contributed by atoms with Crippen LogP contribution in [0.1, 0.15) is 11.1 Å². The fourth-order valence-corrected chi connectivity index (χ4v) is 2.32. The van der Waals surface area contributed by atoms with Crippen LogP contribution < -0.4 is 10.5 Å². The van der Waals surface area contributed by atoms with Gasteiger partial charge in [0.05, 0.1) is 0 Å². The molecule has 2 aromatic carbocycles. The highest BCUT2D eigenvalue weighted by molar-refractivity contribution is 5.83. The van der Waals surface area contributed by atoms with Crippen molar-refractivity contribution >= 4 is 11.7 Å². The minimum Gasteiger partial charge on any atom is -0.439 e. The molecule has 0 aliphatic rings. The van der Waals surface area contributed by atoms with Crippen molar-refractivity contribution in [3.05, 3.63) is 78.0 Å². The third-order valence-electron chi connectivity index (χ3n) is 3.44. The third kappa shape index (κ3) is 4.39. The Morgan fingerprint density at radius 1 is 0.917 bits per heavy atom. The minimum atomic E-state index is 0.163. The van der Waals surface area contributed by atoms with Gasteiger partial charge in [-0.1, -0.05) is 42.5 Å². The summed E-state index contributed by atoms with van der Waals surface area (Å²) in [5.74, 6) is 1.36. The predicted molar refractivity (Wildman–Crippen MR) is 91.8 cm³/mol. The van der Waals surface area contributed by atoms with Crippen molar-refractivity contribution in [3.63, 3.8) is 0 Å². The molecule has 24 heavy (non-hydrogen) atoms. The largest absolute Gasteiger partial charge is 0.439 e. The maximum Gasteiger partial charge on any atom is 0.224 e. The van der Waals surface area contributed by atoms with E-state index in [2.05, 4.69) is 9.97 Å². The van der Waals surface area contributed by atoms with Gasteiger partial charge in [-0.15, -0.1) is 0 Å². The van der Waals surface area contributed by atoms with E-state index in [9.17, 15) is 4.79 Å². The summed E-state index contributed by atoms with van der Waals surface area (Å²) in [5.41, 5.74) is 7.50. The molecule has 5 nitrogen and oxygen atoms in total. The monoisotopic (exact) mass is 319 g/mol. The molecule has 0 saturated heterocycles. The second kappa shape index (κ2) is 7.37. The molecular formula is C19H17N3O2. The SMILES string of the molecule is Nc1nccc(Oc2ccc(CC(=O)Cc3ccccc3)cc2)n1. The van der Waals surface area contributed by atoms with E-state index in [1.165, 1.54) is 6.20 Å². The van der Waals surface area contributed by atoms with Gasteiger partial charge in [0.25, 0.3) is 0 Å². The first-order valence-electron chi connectivity index (χ1n) is 7.60. The molecule has 0 radical (unpaired) electrons. The van der Waals surface area contributed by atoms with Crippen molar-refractivity contribution < 1.29 is 9.53 Å². The van der Waals surface area contributed by atoms with Crippen LogP contribution in [0.25, 0.3) is 0 Å². The van der Waals surface area contributed by atoms with Crippen LogP contribution in [-0.2, 0) is 17.6 Å². The summed E-state index contributed by atoms with van der Waals surface area (Å²) in [6, 6.07) is 18.7. The zero-order valence-electron chi connectivity index (χ0n) is 13.1. The number of nitrogens with zero attached hydrogens (tertiary/aromatic N) is 2. The summed E-state index contributed by atoms with van der Waals surface area (Å²) < 4.78 is 5.60. The van der Waals surface area contributed by atoms with Crippen LogP contribution in [0.15, 0.2) is 66.9 Å². The molecule has 0 spiro atoms. The smallest absolute Gasteiger partial charge is 0.224 e. The number of nitrogens with two attached hydrogens (primary N) is 1. The Labute approximate surface area is 140 Å². The minimum absolute atomic E-state index is 0.163. The van der Waals surface area contributed by atoms with Crippen LogP contribution in [0.5, 0.6) is 11.6 Å². The van der Waals surface area contributed by atoms with Crippen LogP contribution in [-0.4, -0.2) is 15.8 Å². The Bertz CT molecular complexity index is 818. The number of aromatic nitrogens is 2. The van der Waals surface area contributed by atoms with E-state index in [1.54, 1.807) is 6.07 Å². The number of carbonyl (C=O) groups is 1. The van der Waals surface area contributed by atoms with Crippen molar-refractivity contribution in [2.24, 2.45) is 0 Å². The lowest BCUT2D eigenvalue weighted by molar-refractivity contribution is -0.117. The molecule has 5 heteroatoms. The number of anilines is 1. The van der Waals surface area contributed by atoms with Crippen molar-refractivity contribution in [1.29, 1.82) is 0 Å². The fraction of sp³-hybridized carbons (Fsp3) is 0.105. The van der Waals surface area contributed by atoms with Gasteiger partial charge in [0.1, 0.15) is 11.5 Å². The number of carbonyl (C=O) groups excluding carboxylic acids is 1. The van der Waals surface area contributed by atoms with Crippen molar-refractivity contribution in [3.8, 4) is 11.6 Å². The standard InChI is InChI=1S/C19H17N3O2/c20-19-21-11-10-18(22-19)24-17-8-6-15(7-9-17)13-16(23)12-14-4-2-1-3-5-14/h1-11H,12-13H2,(H2,20,21,22). The zero-order chi connectivity index (χ0) is 16.8. The van der Waals surface area contributed by atoms with Gasteiger partial charge in [-0.3, -0.25) is 4.79 Å². The van der Waals surface area contributed by atoms with Crippen molar-refractivity contribution in [1.82, 2.24) is 9.97 Å². The molecular weight excluding hydrogens is 302 g/mol. The van der Waals surface area contributed by atoms with Gasteiger partial charge in [-0.25, -0.2) is 4.98 Å². The number of hydrogen-bond donors (Lipinski definition) is 1. The van der Waals surface area contributed by atoms with Crippen molar-refractivity contribution in [2.75, 3.05) is 5.73 Å². The number of rotatable bonds is 6. The van der Waals surface area contributed by atoms with E-state index in [0.717, 1.165) is 11.1 Å². The van der Waals surface area contributed by atoms with Crippen molar-refractivity contribution in [2.45, 2.75) is 12.8 Å². The number of hydrogen-bond acceptors (Lipinski definition) is 5. The molecule has 3 aromatic rings. The molecule has 0 aliphatic heterocycles. The van der Waals surface area contributed by atoms with Gasteiger partial charge in [0, 0.05) is 25.1 Å². The summed E-state index contributed by atoms with van der Waals surface area (Å²) in [6.45, 7) is 0. The Balaban J connectivity index is 1.59. The van der Waals surface area contributed by atoms with Crippen LogP contribution >= 0.6 is 0 Å². The maximum atomic E-state index is 12.1. The highest BCUT2D eigenvalue weighted by Crippen LogP contribution is 2.20. The van der Waals surface area contributed by atoms with Crippen LogP contribution in [0, 0.1) is 0 Å². The van der Waals surface area contributed by atoms with Gasteiger partial charge < -0.3 is 10.5 Å². The van der Waals surface area contributed by atoms with E-state index >= 15 is 0 Å². The number of nitrogen functional groups attached to an aromatic ring is 1. The van der Waals surface area contributed by atoms with Gasteiger partial charge in [0.2, 0.25) is 11.8 Å². The Morgan fingerprint density at radius 2 is 1.58 bits per heavy atom. The second-order valence-corrected chi connectivity index (χ2v) is 5.38. The lowest BCUT2D eigenvalue weighted by Gasteiger charge is -2.06. The molecule has 0 bridgehead atoms. The molecule has 0 saturated carbocycles. The Kier molecular flexibility index (Phi) is 4.81. The van der Waals surface area contributed by atoms with Gasteiger partial charge in [-0.05, 0) is 23.3 Å². The molecule has 1 aromatic heterocycles. The molecule has 0 fully saturated rings. The van der Waals surface area contributed by atoms with E-state index in [1.807, 2.05) is 54.6 Å². The first kappa shape index (κ1) is 15.7. The molecule has 3 rings (SSSR count). The quantitative estimate of drug-likeness (QED) is 0.755. The van der Waals surface area contributed by atoms with E-state index in [4.69, 9.17) is 10.5 Å². The maximum absolute atomic E-state index is 12.1. The van der Waals surface area contributed by atoms with Gasteiger partial charge in [-0.2, -0.15) is 4.98 Å². The summed E-state index contributed by atoms with van der Waals surface area (Å²) in [5, 5.41) is 0. The Hall–Kier alpha value is -3.21. The third-order valence-corrected chi connectivity index (χ3v) is 3.44. The normalized spacial score (nSPS) is 10.3. The van der Waals surface area contributed by atoms with Crippen LogP contribution in [0.2, 0.25) is 0 Å². The molecule has 0 aliphatic carbocycles. The highest BCUT2D eigenvalue weighted by Gasteiger charge is 2.06. The molecule has 2 N–H and O–H groups in total. The zero-order valence-corrected chi connectivity index (χ0v) is 13.1. The summed E-state index contributed by atoms with van der Waals surface area (Å²) in [6.07, 6.45) is 2.38. The van der Waals surface area contributed by atoms with E-state index in [0.29, 0.717) is 24.5 Å². The highest BCUT2D eigenvalue weighted by atomic mass is 16.5. The summed E-state index contributed by atoms with van der Waals surface area (Å²) >= 11 is 0. The Morgan fingerprint density at radius 3 is 2.25 bits per heavy atom. The molecule has 0 atom stereocenters. The molecule has 1 heterocycles. The first-order chi connectivity index (χ1) is 11.7. The number of ether oxygens (including phenoxy) is 1. The average Bonchev–Trinajstić information content (AvgIpc) is 2.57. The summed E-state index contributed by atoms with van der Waals surface area (Å²) in [7, 11) is 0. The number of Topliss-reactive ketones (excluding diaryl/α,β-unsaturated/α-hetero) is 1. The number of ketones is 1. The van der Waals surface area contributed by atoms with E-state index in [-0.39, 0.29) is 11.7 Å². The second-order valence-electron chi connectivity index (χ2n) is 5.38. The van der Waals surface area contributed by atoms with Crippen LogP contribution in [0.3, 0.4) is 0 Å². The average molecular weight is 319 g/mol. The first-order valence-corrected chi connectivity index (χ1v) is 7.60. The molecule has 0 unspecified atom stereocenters. The lowest BCUT2D eigenvalue weighted by Crippen LogP contribution is -2.06. The lowest BCUT2D eigenvalue weighted by atomic mass is 10.0. The topological polar surface area (TPSA) is 78.1 Å². The molecule has 120 valence electrons. The number of benzene rings is 2.